The summed E-state index contributed by atoms with van der Waals surface area (Å²) in [5.41, 5.74) is 0.536. The Morgan fingerprint density at radius 1 is 0.583 bits per heavy atom. The molecular weight excluding hydrogens is 460 g/mol. The Bertz CT molecular complexity index is 733. The number of phenolic OH excluding ortho intramolecular Hbond substituents is 1. The zero-order valence-corrected chi connectivity index (χ0v) is 23.2. The molecule has 0 fully saturated rings. The molecule has 0 aliphatic carbocycles. The summed E-state index contributed by atoms with van der Waals surface area (Å²) < 4.78 is 23.6. The standard InChI is InChI=1S/C29H50O7/c1-5-9-13-14-15-19-23-25(36-29(31)32)24(30)27(34-21-17-11-7-3)28(35-22-18-12-8-4)26(23)33-20-16-10-6-2/h30H,5-22H2,1-4H3,(H,31,32). The molecule has 0 saturated heterocycles. The Labute approximate surface area is 218 Å². The van der Waals surface area contributed by atoms with Crippen LogP contribution >= 0.6 is 0 Å². The molecule has 0 heterocycles. The van der Waals surface area contributed by atoms with E-state index in [1.54, 1.807) is 0 Å². The van der Waals surface area contributed by atoms with Gasteiger partial charge in [-0.1, -0.05) is 91.9 Å². The van der Waals surface area contributed by atoms with Crippen molar-refractivity contribution in [2.24, 2.45) is 0 Å². The Kier molecular flexibility index (Phi) is 17.5. The molecule has 0 bridgehead atoms. The summed E-state index contributed by atoms with van der Waals surface area (Å²) in [5, 5.41) is 20.6. The fraction of sp³-hybridized carbons (Fsp3) is 0.759. The number of phenols is 1. The van der Waals surface area contributed by atoms with Gasteiger partial charge in [-0.3, -0.25) is 0 Å². The van der Waals surface area contributed by atoms with Crippen molar-refractivity contribution >= 4 is 6.16 Å². The monoisotopic (exact) mass is 510 g/mol. The van der Waals surface area contributed by atoms with Gasteiger partial charge in [-0.25, -0.2) is 4.79 Å². The van der Waals surface area contributed by atoms with Crippen LogP contribution < -0.4 is 18.9 Å². The number of carboxylic acid groups (broad SMARTS) is 1. The van der Waals surface area contributed by atoms with E-state index in [1.807, 2.05) is 0 Å². The molecule has 7 heteroatoms. The number of rotatable bonds is 22. The van der Waals surface area contributed by atoms with E-state index >= 15 is 0 Å². The van der Waals surface area contributed by atoms with Crippen LogP contribution in [0.4, 0.5) is 4.79 Å². The Morgan fingerprint density at radius 3 is 1.53 bits per heavy atom. The lowest BCUT2D eigenvalue weighted by molar-refractivity contribution is 0.141. The maximum Gasteiger partial charge on any atom is 0.511 e. The lowest BCUT2D eigenvalue weighted by Gasteiger charge is -2.23. The smallest absolute Gasteiger partial charge is 0.502 e. The second-order valence-corrected chi connectivity index (χ2v) is 9.34. The molecule has 0 atom stereocenters. The van der Waals surface area contributed by atoms with Crippen LogP contribution in [-0.2, 0) is 6.42 Å². The Hall–Kier alpha value is -2.31. The molecule has 0 spiro atoms. The predicted octanol–water partition coefficient (Wildman–Crippen LogP) is 8.67. The van der Waals surface area contributed by atoms with Crippen molar-refractivity contribution in [3.8, 4) is 28.7 Å². The number of hydrogen-bond donors (Lipinski definition) is 2. The van der Waals surface area contributed by atoms with Crippen LogP contribution in [0.25, 0.3) is 0 Å². The van der Waals surface area contributed by atoms with Gasteiger partial charge in [-0.2, -0.15) is 0 Å². The molecule has 0 amide bonds. The summed E-state index contributed by atoms with van der Waals surface area (Å²) in [6.45, 7) is 9.84. The van der Waals surface area contributed by atoms with Crippen LogP contribution in [-0.4, -0.2) is 36.2 Å². The average molecular weight is 511 g/mol. The third-order valence-electron chi connectivity index (χ3n) is 6.09. The number of aromatic hydroxyl groups is 1. The molecule has 0 radical (unpaired) electrons. The fourth-order valence-electron chi connectivity index (χ4n) is 4.02. The van der Waals surface area contributed by atoms with Crippen molar-refractivity contribution in [3.05, 3.63) is 5.56 Å². The van der Waals surface area contributed by atoms with Gasteiger partial charge in [0.2, 0.25) is 17.2 Å². The van der Waals surface area contributed by atoms with Crippen LogP contribution in [0.1, 0.15) is 123 Å². The zero-order valence-electron chi connectivity index (χ0n) is 23.2. The summed E-state index contributed by atoms with van der Waals surface area (Å²) in [4.78, 5) is 11.6. The first kappa shape index (κ1) is 31.7. The normalized spacial score (nSPS) is 10.9. The molecule has 7 nitrogen and oxygen atoms in total. The fourth-order valence-corrected chi connectivity index (χ4v) is 4.02. The molecule has 0 aliphatic heterocycles. The topological polar surface area (TPSA) is 94.5 Å². The van der Waals surface area contributed by atoms with Crippen LogP contribution in [0.2, 0.25) is 0 Å². The number of hydrogen-bond acceptors (Lipinski definition) is 6. The van der Waals surface area contributed by atoms with Gasteiger partial charge in [0.1, 0.15) is 0 Å². The molecule has 0 aromatic heterocycles. The van der Waals surface area contributed by atoms with Crippen molar-refractivity contribution in [1.82, 2.24) is 0 Å². The van der Waals surface area contributed by atoms with Gasteiger partial charge in [-0.15, -0.1) is 0 Å². The molecule has 1 aromatic rings. The maximum absolute atomic E-state index is 11.6. The van der Waals surface area contributed by atoms with Crippen LogP contribution in [0.15, 0.2) is 0 Å². The molecular formula is C29H50O7. The molecule has 208 valence electrons. The number of benzene rings is 1. The highest BCUT2D eigenvalue weighted by Gasteiger charge is 2.30. The number of carbonyl (C=O) groups is 1. The third kappa shape index (κ3) is 11.6. The molecule has 36 heavy (non-hydrogen) atoms. The quantitative estimate of drug-likeness (QED) is 0.0915. The van der Waals surface area contributed by atoms with Gasteiger partial charge < -0.3 is 29.2 Å². The van der Waals surface area contributed by atoms with Crippen molar-refractivity contribution in [2.45, 2.75) is 124 Å². The largest absolute Gasteiger partial charge is 0.511 e. The summed E-state index contributed by atoms with van der Waals surface area (Å²) in [5.74, 6) is 0.480. The van der Waals surface area contributed by atoms with Crippen LogP contribution in [0.3, 0.4) is 0 Å². The first-order chi connectivity index (χ1) is 17.5. The Balaban J connectivity index is 3.49. The van der Waals surface area contributed by atoms with Crippen molar-refractivity contribution in [2.75, 3.05) is 19.8 Å². The highest BCUT2D eigenvalue weighted by Crippen LogP contribution is 2.54. The predicted molar refractivity (Wildman–Crippen MR) is 144 cm³/mol. The minimum absolute atomic E-state index is 0.102. The molecule has 0 unspecified atom stereocenters. The summed E-state index contributed by atoms with van der Waals surface area (Å²) in [6, 6.07) is 0. The van der Waals surface area contributed by atoms with Crippen LogP contribution in [0, 0.1) is 0 Å². The molecule has 1 aromatic carbocycles. The average Bonchev–Trinajstić information content (AvgIpc) is 2.86. The van der Waals surface area contributed by atoms with E-state index in [0.29, 0.717) is 43.3 Å². The van der Waals surface area contributed by atoms with Gasteiger partial charge in [0, 0.05) is 5.56 Å². The second-order valence-electron chi connectivity index (χ2n) is 9.34. The number of unbranched alkanes of at least 4 members (excludes halogenated alkanes) is 10. The van der Waals surface area contributed by atoms with E-state index in [1.165, 1.54) is 0 Å². The molecule has 2 N–H and O–H groups in total. The SMILES string of the molecule is CCCCCCCc1c(OC(=O)O)c(O)c(OCCCCC)c(OCCCCC)c1OCCCCC. The first-order valence-electron chi connectivity index (χ1n) is 14.2. The van der Waals surface area contributed by atoms with Gasteiger partial charge in [-0.05, 0) is 32.1 Å². The minimum Gasteiger partial charge on any atom is -0.502 e. The van der Waals surface area contributed by atoms with Crippen LogP contribution in [0.5, 0.6) is 28.7 Å². The highest BCUT2D eigenvalue weighted by atomic mass is 16.7. The summed E-state index contributed by atoms with van der Waals surface area (Å²) >= 11 is 0. The maximum atomic E-state index is 11.6. The van der Waals surface area contributed by atoms with Gasteiger partial charge in [0.05, 0.1) is 19.8 Å². The van der Waals surface area contributed by atoms with E-state index in [2.05, 4.69) is 27.7 Å². The van der Waals surface area contributed by atoms with Gasteiger partial charge in [0.25, 0.3) is 0 Å². The van der Waals surface area contributed by atoms with Crippen molar-refractivity contribution in [1.29, 1.82) is 0 Å². The minimum atomic E-state index is -1.48. The summed E-state index contributed by atoms with van der Waals surface area (Å²) in [6.07, 6.45) is 13.0. The molecule has 0 saturated carbocycles. The second kappa shape index (κ2) is 19.8. The van der Waals surface area contributed by atoms with E-state index < -0.39 is 6.16 Å². The highest BCUT2D eigenvalue weighted by molar-refractivity contribution is 5.73. The van der Waals surface area contributed by atoms with E-state index in [-0.39, 0.29) is 17.2 Å². The van der Waals surface area contributed by atoms with Crippen molar-refractivity contribution < 1.29 is 34.0 Å². The molecule has 0 aliphatic rings. The van der Waals surface area contributed by atoms with Gasteiger partial charge >= 0.3 is 6.16 Å². The number of ether oxygens (including phenoxy) is 4. The lowest BCUT2D eigenvalue weighted by atomic mass is 10.0. The van der Waals surface area contributed by atoms with E-state index in [0.717, 1.165) is 89.9 Å². The van der Waals surface area contributed by atoms with E-state index in [4.69, 9.17) is 18.9 Å². The van der Waals surface area contributed by atoms with E-state index in [9.17, 15) is 15.0 Å². The van der Waals surface area contributed by atoms with Gasteiger partial charge in [0.15, 0.2) is 11.5 Å². The van der Waals surface area contributed by atoms with Crippen molar-refractivity contribution in [3.63, 3.8) is 0 Å². The molecule has 1 rings (SSSR count). The Morgan fingerprint density at radius 2 is 1.03 bits per heavy atom. The zero-order chi connectivity index (χ0) is 26.6. The third-order valence-corrected chi connectivity index (χ3v) is 6.09. The first-order valence-corrected chi connectivity index (χ1v) is 14.2. The lowest BCUT2D eigenvalue weighted by Crippen LogP contribution is -2.12. The summed E-state index contributed by atoms with van der Waals surface area (Å²) in [7, 11) is 0.